The fourth-order valence-corrected chi connectivity index (χ4v) is 1.70. The number of nitrogens with zero attached hydrogens (tertiary/aromatic N) is 5. The molecule has 0 aromatic carbocycles. The first-order valence-corrected chi connectivity index (χ1v) is 5.14. The van der Waals surface area contributed by atoms with Crippen LogP contribution in [0, 0.1) is 13.8 Å². The van der Waals surface area contributed by atoms with Gasteiger partial charge < -0.3 is 10.7 Å². The highest BCUT2D eigenvalue weighted by Gasteiger charge is 2.11. The fraction of sp³-hybridized carbons (Fsp3) is 0.200. The molecule has 0 radical (unpaired) electrons. The van der Waals surface area contributed by atoms with Crippen LogP contribution in [0.15, 0.2) is 12.5 Å². The van der Waals surface area contributed by atoms with Crippen LogP contribution in [0.1, 0.15) is 11.3 Å². The van der Waals surface area contributed by atoms with E-state index in [2.05, 4.69) is 25.0 Å². The van der Waals surface area contributed by atoms with Gasteiger partial charge in [-0.1, -0.05) is 0 Å². The minimum atomic E-state index is 0.298. The molecule has 0 bridgehead atoms. The van der Waals surface area contributed by atoms with Crippen molar-refractivity contribution in [2.75, 3.05) is 5.73 Å². The summed E-state index contributed by atoms with van der Waals surface area (Å²) in [7, 11) is 0. The highest BCUT2D eigenvalue weighted by molar-refractivity contribution is 5.79. The third-order valence-corrected chi connectivity index (χ3v) is 2.78. The molecule has 3 N–H and O–H groups in total. The minimum Gasteiger partial charge on any atom is -0.368 e. The van der Waals surface area contributed by atoms with Gasteiger partial charge in [0.25, 0.3) is 0 Å². The van der Waals surface area contributed by atoms with Crippen LogP contribution in [0.5, 0.6) is 0 Å². The lowest BCUT2D eigenvalue weighted by Crippen LogP contribution is -2.03. The molecule has 0 spiro atoms. The number of nitrogen functional groups attached to an aromatic ring is 1. The standard InChI is InChI=1S/C10H11N7/c1-5-6(2)12-3-7-8(5)16-10(15-7)17-9(11)13-4-14-17/h3-4H,1-2H3,(H,15,16)(H2,11,13,14). The van der Waals surface area contributed by atoms with Crippen LogP contribution < -0.4 is 5.73 Å². The number of anilines is 1. The first-order chi connectivity index (χ1) is 8.16. The molecule has 3 aromatic rings. The Kier molecular flexibility index (Phi) is 1.88. The van der Waals surface area contributed by atoms with E-state index in [-0.39, 0.29) is 0 Å². The summed E-state index contributed by atoms with van der Waals surface area (Å²) in [6.07, 6.45) is 3.14. The van der Waals surface area contributed by atoms with Crippen molar-refractivity contribution in [3.63, 3.8) is 0 Å². The lowest BCUT2D eigenvalue weighted by atomic mass is 10.2. The molecule has 0 amide bonds. The van der Waals surface area contributed by atoms with Gasteiger partial charge in [-0.05, 0) is 19.4 Å². The van der Waals surface area contributed by atoms with Crippen LogP contribution in [0.2, 0.25) is 0 Å². The molecule has 0 saturated heterocycles. The van der Waals surface area contributed by atoms with Gasteiger partial charge in [0.1, 0.15) is 6.33 Å². The number of pyridine rings is 1. The predicted octanol–water partition coefficient (Wildman–Crippen LogP) is 0.738. The maximum absolute atomic E-state index is 5.68. The molecule has 86 valence electrons. The molecule has 0 aliphatic carbocycles. The molecule has 17 heavy (non-hydrogen) atoms. The monoisotopic (exact) mass is 229 g/mol. The predicted molar refractivity (Wildman–Crippen MR) is 62.7 cm³/mol. The lowest BCUT2D eigenvalue weighted by molar-refractivity contribution is 0.838. The highest BCUT2D eigenvalue weighted by atomic mass is 15.4. The maximum atomic E-state index is 5.68. The maximum Gasteiger partial charge on any atom is 0.232 e. The number of imidazole rings is 1. The van der Waals surface area contributed by atoms with E-state index in [9.17, 15) is 0 Å². The lowest BCUT2D eigenvalue weighted by Gasteiger charge is -1.97. The molecule has 7 heteroatoms. The number of H-pyrrole nitrogens is 1. The smallest absolute Gasteiger partial charge is 0.232 e. The number of rotatable bonds is 1. The van der Waals surface area contributed by atoms with Crippen LogP contribution in [0.25, 0.3) is 17.0 Å². The third-order valence-electron chi connectivity index (χ3n) is 2.78. The molecule has 0 atom stereocenters. The average molecular weight is 229 g/mol. The molecule has 0 fully saturated rings. The highest BCUT2D eigenvalue weighted by Crippen LogP contribution is 2.19. The zero-order valence-corrected chi connectivity index (χ0v) is 9.47. The van der Waals surface area contributed by atoms with Crippen molar-refractivity contribution in [1.82, 2.24) is 29.7 Å². The van der Waals surface area contributed by atoms with Gasteiger partial charge in [0, 0.05) is 5.69 Å². The van der Waals surface area contributed by atoms with Crippen molar-refractivity contribution in [2.45, 2.75) is 13.8 Å². The van der Waals surface area contributed by atoms with Gasteiger partial charge in [-0.3, -0.25) is 4.98 Å². The van der Waals surface area contributed by atoms with E-state index >= 15 is 0 Å². The third kappa shape index (κ3) is 1.36. The molecular formula is C10H11N7. The first-order valence-electron chi connectivity index (χ1n) is 5.14. The van der Waals surface area contributed by atoms with Gasteiger partial charge in [-0.15, -0.1) is 0 Å². The summed E-state index contributed by atoms with van der Waals surface area (Å²) in [5.41, 5.74) is 9.42. The summed E-state index contributed by atoms with van der Waals surface area (Å²) in [5, 5.41) is 4.00. The van der Waals surface area contributed by atoms with Crippen LogP contribution >= 0.6 is 0 Å². The van der Waals surface area contributed by atoms with Crippen LogP contribution in [0.3, 0.4) is 0 Å². The Morgan fingerprint density at radius 1 is 1.29 bits per heavy atom. The SMILES string of the molecule is Cc1ncc2[nH]c(-n3ncnc3N)nc2c1C. The summed E-state index contributed by atoms with van der Waals surface area (Å²) in [6.45, 7) is 3.94. The van der Waals surface area contributed by atoms with Gasteiger partial charge in [-0.2, -0.15) is 14.8 Å². The van der Waals surface area contributed by atoms with Crippen LogP contribution in [-0.2, 0) is 0 Å². The topological polar surface area (TPSA) is 98.3 Å². The summed E-state index contributed by atoms with van der Waals surface area (Å²) in [5.74, 6) is 0.844. The van der Waals surface area contributed by atoms with E-state index in [1.165, 1.54) is 11.0 Å². The fourth-order valence-electron chi connectivity index (χ4n) is 1.70. The molecule has 3 rings (SSSR count). The van der Waals surface area contributed by atoms with E-state index < -0.39 is 0 Å². The Balaban J connectivity index is 2.27. The Morgan fingerprint density at radius 2 is 2.12 bits per heavy atom. The number of aromatic amines is 1. The quantitative estimate of drug-likeness (QED) is 0.641. The minimum absolute atomic E-state index is 0.298. The molecule has 0 saturated carbocycles. The van der Waals surface area contributed by atoms with Crippen LogP contribution in [0.4, 0.5) is 5.95 Å². The Bertz CT molecular complexity index is 694. The Morgan fingerprint density at radius 3 is 2.82 bits per heavy atom. The summed E-state index contributed by atoms with van der Waals surface area (Å²) in [6, 6.07) is 0. The molecule has 0 aliphatic rings. The average Bonchev–Trinajstić information content (AvgIpc) is 2.89. The van der Waals surface area contributed by atoms with E-state index in [1.54, 1.807) is 6.20 Å². The molecule has 3 aromatic heterocycles. The number of fused-ring (bicyclic) bond motifs is 1. The van der Waals surface area contributed by atoms with Gasteiger partial charge >= 0.3 is 0 Å². The van der Waals surface area contributed by atoms with Crippen molar-refractivity contribution >= 4 is 17.0 Å². The normalized spacial score (nSPS) is 11.2. The van der Waals surface area contributed by atoms with Crippen molar-refractivity contribution in [3.05, 3.63) is 23.8 Å². The van der Waals surface area contributed by atoms with Gasteiger partial charge in [-0.25, -0.2) is 4.98 Å². The second-order valence-corrected chi connectivity index (χ2v) is 3.82. The zero-order valence-electron chi connectivity index (χ0n) is 9.47. The number of hydrogen-bond donors (Lipinski definition) is 2. The summed E-state index contributed by atoms with van der Waals surface area (Å²) < 4.78 is 1.45. The van der Waals surface area contributed by atoms with E-state index in [0.29, 0.717) is 11.9 Å². The van der Waals surface area contributed by atoms with Gasteiger partial charge in [0.15, 0.2) is 0 Å². The van der Waals surface area contributed by atoms with Crippen molar-refractivity contribution < 1.29 is 0 Å². The zero-order chi connectivity index (χ0) is 12.0. The summed E-state index contributed by atoms with van der Waals surface area (Å²) >= 11 is 0. The number of hydrogen-bond acceptors (Lipinski definition) is 5. The second kappa shape index (κ2) is 3.27. The van der Waals surface area contributed by atoms with Gasteiger partial charge in [0.2, 0.25) is 11.9 Å². The van der Waals surface area contributed by atoms with Crippen LogP contribution in [-0.4, -0.2) is 29.7 Å². The summed E-state index contributed by atoms with van der Waals surface area (Å²) in [4.78, 5) is 15.7. The van der Waals surface area contributed by atoms with E-state index in [4.69, 9.17) is 5.73 Å². The molecule has 0 unspecified atom stereocenters. The van der Waals surface area contributed by atoms with Crippen molar-refractivity contribution in [1.29, 1.82) is 0 Å². The second-order valence-electron chi connectivity index (χ2n) is 3.82. The Hall–Kier alpha value is -2.44. The van der Waals surface area contributed by atoms with Gasteiger partial charge in [0.05, 0.1) is 17.2 Å². The molecule has 7 nitrogen and oxygen atoms in total. The molecule has 3 heterocycles. The number of nitrogens with one attached hydrogen (secondary N) is 1. The largest absolute Gasteiger partial charge is 0.368 e. The van der Waals surface area contributed by atoms with Crippen molar-refractivity contribution in [2.24, 2.45) is 0 Å². The first kappa shape index (κ1) is 9.76. The molecular weight excluding hydrogens is 218 g/mol. The van der Waals surface area contributed by atoms with E-state index in [0.717, 1.165) is 22.3 Å². The van der Waals surface area contributed by atoms with Crippen molar-refractivity contribution in [3.8, 4) is 5.95 Å². The van der Waals surface area contributed by atoms with E-state index in [1.807, 2.05) is 13.8 Å². The number of aryl methyl sites for hydroxylation is 2. The molecule has 0 aliphatic heterocycles. The number of aromatic nitrogens is 6. The number of nitrogens with two attached hydrogens (primary N) is 1. The Labute approximate surface area is 96.7 Å².